The van der Waals surface area contributed by atoms with Gasteiger partial charge in [-0.05, 0) is 17.7 Å². The van der Waals surface area contributed by atoms with Gasteiger partial charge in [-0.2, -0.15) is 4.31 Å². The Morgan fingerprint density at radius 1 is 1.15 bits per heavy atom. The summed E-state index contributed by atoms with van der Waals surface area (Å²) in [5, 5.41) is 0. The van der Waals surface area contributed by atoms with Gasteiger partial charge in [-0.3, -0.25) is 0 Å². The van der Waals surface area contributed by atoms with Gasteiger partial charge in [0.05, 0.1) is 12.0 Å². The standard InChI is InChI=1S/C18H19FN2O4S/c1-25-18(22)17-14(19)8-5-9-16(17)26(23,24)21-10-13(15(20)11-21)12-6-3-2-4-7-12/h2-9,13,15H,10-11,20H2,1H3/t13-,15+/m0/s1. The summed E-state index contributed by atoms with van der Waals surface area (Å²) in [4.78, 5) is 11.5. The number of nitrogens with zero attached hydrogens (tertiary/aromatic N) is 1. The maximum absolute atomic E-state index is 14.1. The van der Waals surface area contributed by atoms with Crippen LogP contribution in [-0.4, -0.2) is 44.9 Å². The lowest BCUT2D eigenvalue weighted by atomic mass is 9.95. The summed E-state index contributed by atoms with van der Waals surface area (Å²) in [6.45, 7) is 0.240. The van der Waals surface area contributed by atoms with Crippen LogP contribution in [0.5, 0.6) is 0 Å². The molecule has 1 saturated heterocycles. The van der Waals surface area contributed by atoms with Crippen LogP contribution in [0, 0.1) is 5.82 Å². The van der Waals surface area contributed by atoms with Crippen LogP contribution in [0.1, 0.15) is 21.8 Å². The van der Waals surface area contributed by atoms with Gasteiger partial charge >= 0.3 is 5.97 Å². The minimum atomic E-state index is -4.11. The Kier molecular flexibility index (Phi) is 5.08. The van der Waals surface area contributed by atoms with E-state index in [0.717, 1.165) is 18.7 Å². The second-order valence-corrected chi connectivity index (χ2v) is 8.01. The molecule has 1 aliphatic rings. The van der Waals surface area contributed by atoms with E-state index < -0.39 is 38.3 Å². The first kappa shape index (κ1) is 18.5. The SMILES string of the molecule is COC(=O)c1c(F)cccc1S(=O)(=O)N1C[C@@H](N)[C@H](c2ccccc2)C1. The van der Waals surface area contributed by atoms with Crippen LogP contribution >= 0.6 is 0 Å². The van der Waals surface area contributed by atoms with Crippen molar-refractivity contribution in [1.82, 2.24) is 4.31 Å². The quantitative estimate of drug-likeness (QED) is 0.819. The monoisotopic (exact) mass is 378 g/mol. The molecule has 0 aromatic heterocycles. The average Bonchev–Trinajstić information content (AvgIpc) is 3.04. The Hall–Kier alpha value is -2.29. The molecule has 0 aliphatic carbocycles. The number of halogens is 1. The molecule has 0 spiro atoms. The fraction of sp³-hybridized carbons (Fsp3) is 0.278. The van der Waals surface area contributed by atoms with Crippen molar-refractivity contribution in [2.24, 2.45) is 5.73 Å². The molecule has 2 atom stereocenters. The molecule has 0 radical (unpaired) electrons. The summed E-state index contributed by atoms with van der Waals surface area (Å²) in [6.07, 6.45) is 0. The first-order valence-corrected chi connectivity index (χ1v) is 9.47. The smallest absolute Gasteiger partial charge is 0.342 e. The lowest BCUT2D eigenvalue weighted by Crippen LogP contribution is -2.33. The van der Waals surface area contributed by atoms with E-state index >= 15 is 0 Å². The van der Waals surface area contributed by atoms with E-state index in [4.69, 9.17) is 5.73 Å². The van der Waals surface area contributed by atoms with Crippen molar-refractivity contribution in [2.75, 3.05) is 20.2 Å². The predicted octanol–water partition coefficient (Wildman–Crippen LogP) is 1.73. The lowest BCUT2D eigenvalue weighted by Gasteiger charge is -2.18. The molecule has 1 heterocycles. The fourth-order valence-electron chi connectivity index (χ4n) is 3.20. The van der Waals surface area contributed by atoms with Crippen LogP contribution in [0.2, 0.25) is 0 Å². The molecule has 0 amide bonds. The van der Waals surface area contributed by atoms with E-state index in [1.54, 1.807) is 0 Å². The van der Waals surface area contributed by atoms with E-state index in [1.165, 1.54) is 16.4 Å². The largest absolute Gasteiger partial charge is 0.465 e. The number of nitrogens with two attached hydrogens (primary N) is 1. The highest BCUT2D eigenvalue weighted by atomic mass is 32.2. The van der Waals surface area contributed by atoms with Crippen molar-refractivity contribution in [3.05, 3.63) is 65.5 Å². The number of benzene rings is 2. The number of esters is 1. The third kappa shape index (κ3) is 3.23. The molecule has 6 nitrogen and oxygen atoms in total. The number of hydrogen-bond acceptors (Lipinski definition) is 5. The second kappa shape index (κ2) is 7.14. The van der Waals surface area contributed by atoms with Gasteiger partial charge in [0, 0.05) is 25.0 Å². The first-order valence-electron chi connectivity index (χ1n) is 8.03. The summed E-state index contributed by atoms with van der Waals surface area (Å²) in [5.74, 6) is -2.16. The van der Waals surface area contributed by atoms with Gasteiger partial charge in [-0.1, -0.05) is 36.4 Å². The molecule has 0 bridgehead atoms. The molecule has 1 fully saturated rings. The molecule has 26 heavy (non-hydrogen) atoms. The molecule has 0 saturated carbocycles. The molecule has 8 heteroatoms. The predicted molar refractivity (Wildman–Crippen MR) is 93.7 cm³/mol. The summed E-state index contributed by atoms with van der Waals surface area (Å²) < 4.78 is 45.9. The van der Waals surface area contributed by atoms with Crippen LogP contribution in [0.15, 0.2) is 53.4 Å². The summed E-state index contributed by atoms with van der Waals surface area (Å²) in [6, 6.07) is 12.4. The third-order valence-electron chi connectivity index (χ3n) is 4.54. The molecule has 2 aromatic carbocycles. The number of carbonyl (C=O) groups is 1. The Morgan fingerprint density at radius 3 is 2.50 bits per heavy atom. The minimum Gasteiger partial charge on any atom is -0.465 e. The number of ether oxygens (including phenoxy) is 1. The molecule has 2 aromatic rings. The van der Waals surface area contributed by atoms with E-state index in [-0.39, 0.29) is 19.0 Å². The normalized spacial score (nSPS) is 20.9. The molecular weight excluding hydrogens is 359 g/mol. The summed E-state index contributed by atoms with van der Waals surface area (Å²) in [7, 11) is -3.04. The van der Waals surface area contributed by atoms with Gasteiger partial charge < -0.3 is 10.5 Å². The van der Waals surface area contributed by atoms with Crippen molar-refractivity contribution in [3.63, 3.8) is 0 Å². The summed E-state index contributed by atoms with van der Waals surface area (Å²) in [5.41, 5.74) is 6.50. The van der Waals surface area contributed by atoms with Crippen molar-refractivity contribution in [1.29, 1.82) is 0 Å². The maximum atomic E-state index is 14.1. The highest BCUT2D eigenvalue weighted by Crippen LogP contribution is 2.32. The van der Waals surface area contributed by atoms with E-state index in [9.17, 15) is 17.6 Å². The maximum Gasteiger partial charge on any atom is 0.342 e. The zero-order chi connectivity index (χ0) is 18.9. The molecule has 1 aliphatic heterocycles. The molecule has 2 N–H and O–H groups in total. The number of rotatable bonds is 4. The van der Waals surface area contributed by atoms with Gasteiger partial charge in [0.15, 0.2) is 0 Å². The Bertz CT molecular complexity index is 918. The van der Waals surface area contributed by atoms with Gasteiger partial charge in [0.1, 0.15) is 11.4 Å². The van der Waals surface area contributed by atoms with Gasteiger partial charge in [-0.15, -0.1) is 0 Å². The van der Waals surface area contributed by atoms with Crippen molar-refractivity contribution in [3.8, 4) is 0 Å². The Morgan fingerprint density at radius 2 is 1.85 bits per heavy atom. The molecular formula is C18H19FN2O4S. The first-order chi connectivity index (χ1) is 12.4. The minimum absolute atomic E-state index is 0.0824. The Labute approximate surface area is 151 Å². The topological polar surface area (TPSA) is 89.7 Å². The number of carbonyl (C=O) groups excluding carboxylic acids is 1. The average molecular weight is 378 g/mol. The van der Waals surface area contributed by atoms with Gasteiger partial charge in [0.25, 0.3) is 0 Å². The van der Waals surface area contributed by atoms with Crippen LogP contribution in [-0.2, 0) is 14.8 Å². The zero-order valence-electron chi connectivity index (χ0n) is 14.1. The molecule has 3 rings (SSSR count). The highest BCUT2D eigenvalue weighted by Gasteiger charge is 2.40. The van der Waals surface area contributed by atoms with E-state index in [1.807, 2.05) is 30.3 Å². The van der Waals surface area contributed by atoms with E-state index in [0.29, 0.717) is 0 Å². The van der Waals surface area contributed by atoms with Crippen molar-refractivity contribution >= 4 is 16.0 Å². The zero-order valence-corrected chi connectivity index (χ0v) is 14.9. The second-order valence-electron chi connectivity index (χ2n) is 6.11. The van der Waals surface area contributed by atoms with Gasteiger partial charge in [0.2, 0.25) is 10.0 Å². The number of hydrogen-bond donors (Lipinski definition) is 1. The highest BCUT2D eigenvalue weighted by molar-refractivity contribution is 7.89. The number of sulfonamides is 1. The lowest BCUT2D eigenvalue weighted by molar-refractivity contribution is 0.0590. The van der Waals surface area contributed by atoms with Crippen molar-refractivity contribution in [2.45, 2.75) is 16.9 Å². The van der Waals surface area contributed by atoms with Crippen LogP contribution < -0.4 is 5.73 Å². The third-order valence-corrected chi connectivity index (χ3v) is 6.42. The van der Waals surface area contributed by atoms with Crippen LogP contribution in [0.25, 0.3) is 0 Å². The molecule has 138 valence electrons. The van der Waals surface area contributed by atoms with Gasteiger partial charge in [-0.25, -0.2) is 17.6 Å². The Balaban J connectivity index is 1.98. The van der Waals surface area contributed by atoms with Crippen molar-refractivity contribution < 1.29 is 22.3 Å². The van der Waals surface area contributed by atoms with Crippen LogP contribution in [0.4, 0.5) is 4.39 Å². The fourth-order valence-corrected chi connectivity index (χ4v) is 4.89. The number of methoxy groups -OCH3 is 1. The van der Waals surface area contributed by atoms with Crippen LogP contribution in [0.3, 0.4) is 0 Å². The van der Waals surface area contributed by atoms with E-state index in [2.05, 4.69) is 4.74 Å². The molecule has 0 unspecified atom stereocenters. The summed E-state index contributed by atoms with van der Waals surface area (Å²) >= 11 is 0.